The molecule has 16 heavy (non-hydrogen) atoms. The summed E-state index contributed by atoms with van der Waals surface area (Å²) in [5.41, 5.74) is 6.11. The third-order valence-corrected chi connectivity index (χ3v) is 3.28. The molecule has 4 heteroatoms. The first-order valence-corrected chi connectivity index (χ1v) is 5.23. The van der Waals surface area contributed by atoms with Gasteiger partial charge in [-0.2, -0.15) is 0 Å². The van der Waals surface area contributed by atoms with Gasteiger partial charge in [-0.1, -0.05) is 12.1 Å². The lowest BCUT2D eigenvalue weighted by Gasteiger charge is -2.19. The van der Waals surface area contributed by atoms with E-state index >= 15 is 0 Å². The van der Waals surface area contributed by atoms with E-state index in [2.05, 4.69) is 0 Å². The average Bonchev–Trinajstić information content (AvgIpc) is 3.09. The molecule has 1 aliphatic rings. The Hall–Kier alpha value is -1.55. The molecule has 0 bridgehead atoms. The number of methoxy groups -OCH3 is 1. The number of hydrogen-bond donors (Lipinski definition) is 2. The standard InChI is InChI=1S/C12H15NO3/c1-16-9-4-2-8(3-5-9)10(13)12(6-7-12)11(14)15/h2-5,10H,6-7,13H2,1H3,(H,14,15). The fourth-order valence-electron chi connectivity index (χ4n) is 1.92. The topological polar surface area (TPSA) is 72.5 Å². The summed E-state index contributed by atoms with van der Waals surface area (Å²) in [5.74, 6) is -0.0491. The highest BCUT2D eigenvalue weighted by molar-refractivity contribution is 5.79. The van der Waals surface area contributed by atoms with Crippen molar-refractivity contribution in [3.63, 3.8) is 0 Å². The van der Waals surface area contributed by atoms with Crippen molar-refractivity contribution in [2.75, 3.05) is 7.11 Å². The maximum absolute atomic E-state index is 11.1. The molecule has 3 N–H and O–H groups in total. The van der Waals surface area contributed by atoms with Crippen molar-refractivity contribution in [3.05, 3.63) is 29.8 Å². The summed E-state index contributed by atoms with van der Waals surface area (Å²) in [5, 5.41) is 9.13. The molecule has 4 nitrogen and oxygen atoms in total. The van der Waals surface area contributed by atoms with Crippen molar-refractivity contribution >= 4 is 5.97 Å². The number of benzene rings is 1. The van der Waals surface area contributed by atoms with Gasteiger partial charge in [-0.05, 0) is 30.5 Å². The number of rotatable bonds is 4. The van der Waals surface area contributed by atoms with Gasteiger partial charge in [0.2, 0.25) is 0 Å². The van der Waals surface area contributed by atoms with Gasteiger partial charge < -0.3 is 15.6 Å². The van der Waals surface area contributed by atoms with Crippen LogP contribution in [-0.2, 0) is 4.79 Å². The Morgan fingerprint density at radius 2 is 2.00 bits per heavy atom. The van der Waals surface area contributed by atoms with Crippen LogP contribution in [-0.4, -0.2) is 18.2 Å². The zero-order valence-electron chi connectivity index (χ0n) is 9.14. The van der Waals surface area contributed by atoms with E-state index in [-0.39, 0.29) is 0 Å². The first kappa shape index (κ1) is 11.0. The predicted octanol–water partition coefficient (Wildman–Crippen LogP) is 1.56. The average molecular weight is 221 g/mol. The summed E-state index contributed by atoms with van der Waals surface area (Å²) < 4.78 is 5.04. The maximum Gasteiger partial charge on any atom is 0.311 e. The van der Waals surface area contributed by atoms with Crippen molar-refractivity contribution in [1.82, 2.24) is 0 Å². The van der Waals surface area contributed by atoms with Crippen LogP contribution in [0.5, 0.6) is 5.75 Å². The minimum atomic E-state index is -0.796. The van der Waals surface area contributed by atoms with E-state index in [9.17, 15) is 4.79 Å². The molecule has 86 valence electrons. The summed E-state index contributed by atoms with van der Waals surface area (Å²) >= 11 is 0. The minimum absolute atomic E-state index is 0.434. The van der Waals surface area contributed by atoms with Gasteiger partial charge in [0, 0.05) is 6.04 Å². The summed E-state index contributed by atoms with van der Waals surface area (Å²) in [6.07, 6.45) is 1.32. The molecule has 0 heterocycles. The van der Waals surface area contributed by atoms with Crippen LogP contribution < -0.4 is 10.5 Å². The van der Waals surface area contributed by atoms with Crippen molar-refractivity contribution in [1.29, 1.82) is 0 Å². The van der Waals surface area contributed by atoms with Gasteiger partial charge in [0.25, 0.3) is 0 Å². The molecule has 0 aromatic heterocycles. The van der Waals surface area contributed by atoms with Crippen LogP contribution in [0.2, 0.25) is 0 Å². The molecule has 1 aliphatic carbocycles. The van der Waals surface area contributed by atoms with Gasteiger partial charge in [0.15, 0.2) is 0 Å². The SMILES string of the molecule is COc1ccc(C(N)C2(C(=O)O)CC2)cc1. The molecular formula is C12H15NO3. The minimum Gasteiger partial charge on any atom is -0.497 e. The normalized spacial score (nSPS) is 18.9. The first-order chi connectivity index (χ1) is 7.60. The number of hydrogen-bond acceptors (Lipinski definition) is 3. The number of carbonyl (C=O) groups is 1. The largest absolute Gasteiger partial charge is 0.497 e. The van der Waals surface area contributed by atoms with E-state index in [0.717, 1.165) is 11.3 Å². The Morgan fingerprint density at radius 3 is 2.38 bits per heavy atom. The van der Waals surface area contributed by atoms with Crippen molar-refractivity contribution in [2.24, 2.45) is 11.1 Å². The fourth-order valence-corrected chi connectivity index (χ4v) is 1.92. The van der Waals surface area contributed by atoms with Gasteiger partial charge in [0.1, 0.15) is 5.75 Å². The quantitative estimate of drug-likeness (QED) is 0.809. The smallest absolute Gasteiger partial charge is 0.311 e. The molecule has 0 aliphatic heterocycles. The van der Waals surface area contributed by atoms with Crippen LogP contribution in [0.3, 0.4) is 0 Å². The first-order valence-electron chi connectivity index (χ1n) is 5.23. The lowest BCUT2D eigenvalue weighted by Crippen LogP contribution is -2.29. The summed E-state index contributed by atoms with van der Waals surface area (Å²) in [6, 6.07) is 6.81. The monoisotopic (exact) mass is 221 g/mol. The number of ether oxygens (including phenoxy) is 1. The van der Waals surface area contributed by atoms with Crippen LogP contribution >= 0.6 is 0 Å². The number of carboxylic acids is 1. The van der Waals surface area contributed by atoms with Gasteiger partial charge in [-0.15, -0.1) is 0 Å². The maximum atomic E-state index is 11.1. The van der Waals surface area contributed by atoms with Crippen LogP contribution in [0.15, 0.2) is 24.3 Å². The van der Waals surface area contributed by atoms with Gasteiger partial charge in [-0.25, -0.2) is 0 Å². The molecule has 1 aromatic carbocycles. The molecule has 1 aromatic rings. The Balaban J connectivity index is 2.21. The molecule has 0 saturated heterocycles. The Morgan fingerprint density at radius 1 is 1.44 bits per heavy atom. The van der Waals surface area contributed by atoms with Crippen molar-refractivity contribution < 1.29 is 14.6 Å². The third-order valence-electron chi connectivity index (χ3n) is 3.28. The highest BCUT2D eigenvalue weighted by atomic mass is 16.5. The van der Waals surface area contributed by atoms with E-state index in [1.54, 1.807) is 19.2 Å². The van der Waals surface area contributed by atoms with Gasteiger partial charge in [0.05, 0.1) is 12.5 Å². The molecule has 0 amide bonds. The molecule has 1 unspecified atom stereocenters. The van der Waals surface area contributed by atoms with Gasteiger partial charge >= 0.3 is 5.97 Å². The zero-order chi connectivity index (χ0) is 11.8. The highest BCUT2D eigenvalue weighted by Gasteiger charge is 2.55. The highest BCUT2D eigenvalue weighted by Crippen LogP contribution is 2.54. The number of nitrogens with two attached hydrogens (primary N) is 1. The number of aliphatic carboxylic acids is 1. The Bertz CT molecular complexity index is 395. The van der Waals surface area contributed by atoms with E-state index in [0.29, 0.717) is 12.8 Å². The van der Waals surface area contributed by atoms with Crippen LogP contribution in [0.1, 0.15) is 24.4 Å². The van der Waals surface area contributed by atoms with Gasteiger partial charge in [-0.3, -0.25) is 4.79 Å². The number of carboxylic acid groups (broad SMARTS) is 1. The molecule has 1 fully saturated rings. The van der Waals surface area contributed by atoms with Crippen molar-refractivity contribution in [3.8, 4) is 5.75 Å². The summed E-state index contributed by atoms with van der Waals surface area (Å²) in [7, 11) is 1.59. The van der Waals surface area contributed by atoms with Crippen molar-refractivity contribution in [2.45, 2.75) is 18.9 Å². The fraction of sp³-hybridized carbons (Fsp3) is 0.417. The second kappa shape index (κ2) is 3.79. The van der Waals surface area contributed by atoms with Crippen LogP contribution in [0.25, 0.3) is 0 Å². The lowest BCUT2D eigenvalue weighted by molar-refractivity contribution is -0.144. The summed E-state index contributed by atoms with van der Waals surface area (Å²) in [4.78, 5) is 11.1. The molecule has 1 saturated carbocycles. The zero-order valence-corrected chi connectivity index (χ0v) is 9.14. The summed E-state index contributed by atoms with van der Waals surface area (Å²) in [6.45, 7) is 0. The predicted molar refractivity (Wildman–Crippen MR) is 59.2 cm³/mol. The van der Waals surface area contributed by atoms with Crippen LogP contribution in [0, 0.1) is 5.41 Å². The molecule has 1 atom stereocenters. The van der Waals surface area contributed by atoms with E-state index < -0.39 is 17.4 Å². The van der Waals surface area contributed by atoms with Crippen LogP contribution in [0.4, 0.5) is 0 Å². The second-order valence-electron chi connectivity index (χ2n) is 4.21. The van der Waals surface area contributed by atoms with E-state index in [4.69, 9.17) is 15.6 Å². The lowest BCUT2D eigenvalue weighted by atomic mass is 9.91. The van der Waals surface area contributed by atoms with E-state index in [1.807, 2.05) is 12.1 Å². The molecule has 0 radical (unpaired) electrons. The van der Waals surface area contributed by atoms with E-state index in [1.165, 1.54) is 0 Å². The third kappa shape index (κ3) is 1.65. The molecule has 2 rings (SSSR count). The second-order valence-corrected chi connectivity index (χ2v) is 4.21. The molecule has 0 spiro atoms. The Labute approximate surface area is 94.0 Å². The molecular weight excluding hydrogens is 206 g/mol. The Kier molecular flexibility index (Phi) is 2.59.